The summed E-state index contributed by atoms with van der Waals surface area (Å²) in [5.41, 5.74) is 0.870. The van der Waals surface area contributed by atoms with Gasteiger partial charge in [-0.15, -0.1) is 0 Å². The van der Waals surface area contributed by atoms with Gasteiger partial charge in [-0.1, -0.05) is 17.4 Å². The van der Waals surface area contributed by atoms with Crippen LogP contribution in [0.3, 0.4) is 0 Å². The summed E-state index contributed by atoms with van der Waals surface area (Å²) in [5, 5.41) is 6.72. The summed E-state index contributed by atoms with van der Waals surface area (Å²) < 4.78 is 72.4. The zero-order valence-corrected chi connectivity index (χ0v) is 24.0. The number of nitrogens with zero attached hydrogens (tertiary/aromatic N) is 6. The number of benzene rings is 1. The van der Waals surface area contributed by atoms with Crippen LogP contribution in [0.2, 0.25) is 0 Å². The smallest absolute Gasteiger partial charge is 0.377 e. The molecule has 1 aliphatic carbocycles. The minimum Gasteiger partial charge on any atom is -0.377 e. The normalized spacial score (nSPS) is 25.2. The van der Waals surface area contributed by atoms with E-state index in [-0.39, 0.29) is 27.9 Å². The van der Waals surface area contributed by atoms with Crippen LogP contribution in [0.4, 0.5) is 18.9 Å². The molecule has 3 atom stereocenters. The van der Waals surface area contributed by atoms with Crippen LogP contribution in [0.15, 0.2) is 27.6 Å². The predicted molar refractivity (Wildman–Crippen MR) is 149 cm³/mol. The minimum atomic E-state index is -4.49. The summed E-state index contributed by atoms with van der Waals surface area (Å²) in [5.74, 6) is 0.589. The van der Waals surface area contributed by atoms with Gasteiger partial charge in [0.1, 0.15) is 10.5 Å². The number of anilines is 1. The maximum atomic E-state index is 13.7. The molecule has 1 aromatic carbocycles. The Kier molecular flexibility index (Phi) is 6.51. The van der Waals surface area contributed by atoms with Gasteiger partial charge in [-0.25, -0.2) is 23.4 Å². The van der Waals surface area contributed by atoms with E-state index < -0.39 is 21.6 Å². The summed E-state index contributed by atoms with van der Waals surface area (Å²) in [6.45, 7) is 2.61. The van der Waals surface area contributed by atoms with E-state index in [0.29, 0.717) is 66.0 Å². The summed E-state index contributed by atoms with van der Waals surface area (Å²) in [6.07, 6.45) is 3.05. The van der Waals surface area contributed by atoms with Crippen molar-refractivity contribution in [3.63, 3.8) is 0 Å². The lowest BCUT2D eigenvalue weighted by molar-refractivity contribution is -0.137. The second kappa shape index (κ2) is 9.87. The Labute approximate surface area is 239 Å². The van der Waals surface area contributed by atoms with Gasteiger partial charge in [0.15, 0.2) is 5.65 Å². The molecule has 7 rings (SSSR count). The fourth-order valence-electron chi connectivity index (χ4n) is 5.74. The van der Waals surface area contributed by atoms with Gasteiger partial charge in [0.25, 0.3) is 0 Å². The number of rotatable bonds is 6. The van der Waals surface area contributed by atoms with Crippen LogP contribution in [0.25, 0.3) is 21.6 Å². The van der Waals surface area contributed by atoms with Crippen LogP contribution in [-0.2, 0) is 20.8 Å². The molecule has 41 heavy (non-hydrogen) atoms. The zero-order chi connectivity index (χ0) is 28.5. The van der Waals surface area contributed by atoms with Crippen molar-refractivity contribution >= 4 is 43.4 Å². The molecule has 4 aliphatic rings. The first kappa shape index (κ1) is 27.0. The van der Waals surface area contributed by atoms with Gasteiger partial charge in [-0.05, 0) is 44.2 Å². The molecule has 3 aromatic rings. The number of hydrazone groups is 1. The summed E-state index contributed by atoms with van der Waals surface area (Å²) in [6, 6.07) is 4.19. The van der Waals surface area contributed by atoms with Gasteiger partial charge in [-0.3, -0.25) is 5.01 Å². The SMILES string of the molecule is CS(=O)(=O)c1nc2nc(C3CCO[C@@H](C4C=NN(C5CC5)C4)C3)nc(-c3ccc(C(F)(F)F)cc3N3CCC3)c2s1. The van der Waals surface area contributed by atoms with E-state index >= 15 is 0 Å². The molecule has 0 N–H and O–H groups in total. The number of ether oxygens (including phenoxy) is 1. The van der Waals surface area contributed by atoms with Gasteiger partial charge >= 0.3 is 6.18 Å². The van der Waals surface area contributed by atoms with Crippen molar-refractivity contribution in [1.82, 2.24) is 20.0 Å². The molecule has 3 aliphatic heterocycles. The van der Waals surface area contributed by atoms with E-state index in [2.05, 4.69) is 15.1 Å². The van der Waals surface area contributed by atoms with E-state index in [4.69, 9.17) is 14.7 Å². The molecule has 0 amide bonds. The number of thiazole rings is 1. The lowest BCUT2D eigenvalue weighted by atomic mass is 9.88. The molecule has 0 spiro atoms. The Hall–Kier alpha value is -2.84. The predicted octanol–water partition coefficient (Wildman–Crippen LogP) is 4.73. The first-order valence-electron chi connectivity index (χ1n) is 13.8. The molecule has 3 fully saturated rings. The largest absolute Gasteiger partial charge is 0.416 e. The maximum absolute atomic E-state index is 13.7. The van der Waals surface area contributed by atoms with Crippen molar-refractivity contribution in [3.05, 3.63) is 29.6 Å². The number of hydrogen-bond acceptors (Lipinski definition) is 10. The van der Waals surface area contributed by atoms with Crippen molar-refractivity contribution in [1.29, 1.82) is 0 Å². The van der Waals surface area contributed by atoms with Crippen LogP contribution in [0.5, 0.6) is 0 Å². The van der Waals surface area contributed by atoms with Crippen molar-refractivity contribution in [3.8, 4) is 11.3 Å². The monoisotopic (exact) mass is 606 g/mol. The van der Waals surface area contributed by atoms with Crippen molar-refractivity contribution in [2.45, 2.75) is 60.7 Å². The topological polar surface area (TPSA) is 101 Å². The quantitative estimate of drug-likeness (QED) is 0.397. The highest BCUT2D eigenvalue weighted by molar-refractivity contribution is 7.92. The van der Waals surface area contributed by atoms with E-state index in [0.717, 1.165) is 42.7 Å². The molecule has 1 saturated carbocycles. The van der Waals surface area contributed by atoms with Gasteiger partial charge < -0.3 is 9.64 Å². The molecule has 5 heterocycles. The minimum absolute atomic E-state index is 0.0614. The number of aromatic nitrogens is 3. The molecule has 2 unspecified atom stereocenters. The average molecular weight is 607 g/mol. The summed E-state index contributed by atoms with van der Waals surface area (Å²) in [4.78, 5) is 15.9. The highest BCUT2D eigenvalue weighted by Gasteiger charge is 2.39. The van der Waals surface area contributed by atoms with Gasteiger partial charge in [0, 0.05) is 67.8 Å². The van der Waals surface area contributed by atoms with Crippen molar-refractivity contribution < 1.29 is 26.3 Å². The van der Waals surface area contributed by atoms with E-state index in [1.54, 1.807) is 0 Å². The highest BCUT2D eigenvalue weighted by atomic mass is 32.2. The highest BCUT2D eigenvalue weighted by Crippen LogP contribution is 2.43. The van der Waals surface area contributed by atoms with Crippen molar-refractivity contribution in [2.75, 3.05) is 37.4 Å². The van der Waals surface area contributed by atoms with Gasteiger partial charge in [0.2, 0.25) is 14.2 Å². The average Bonchev–Trinajstić information content (AvgIpc) is 3.45. The molecule has 9 nitrogen and oxygen atoms in total. The molecule has 0 radical (unpaired) electrons. The standard InChI is InChI=1S/C27H29F3N6O3S2/c1-41(37,38)26-34-25-23(40-26)22(19-6-3-17(27(28,29)30)12-20(19)35-8-2-9-35)32-24(33-25)15-7-10-39-21(11-15)16-13-31-36(14-16)18-4-5-18/h3,6,12-13,15-16,18,21H,2,4-5,7-11,14H2,1H3/t15?,16?,21-/m1/s1. The first-order chi connectivity index (χ1) is 19.5. The first-order valence-corrected chi connectivity index (χ1v) is 16.5. The van der Waals surface area contributed by atoms with E-state index in [1.807, 2.05) is 11.1 Å². The Morgan fingerprint density at radius 1 is 1.10 bits per heavy atom. The van der Waals surface area contributed by atoms with Crippen LogP contribution in [0, 0.1) is 5.92 Å². The summed E-state index contributed by atoms with van der Waals surface area (Å²) >= 11 is 0.954. The number of sulfone groups is 1. The molecular weight excluding hydrogens is 577 g/mol. The van der Waals surface area contributed by atoms with Gasteiger partial charge in [0.05, 0.1) is 17.4 Å². The van der Waals surface area contributed by atoms with Gasteiger partial charge in [-0.2, -0.15) is 18.3 Å². The second-order valence-electron chi connectivity index (χ2n) is 11.3. The third-order valence-electron chi connectivity index (χ3n) is 8.28. The van der Waals surface area contributed by atoms with E-state index in [9.17, 15) is 21.6 Å². The number of halogens is 3. The third kappa shape index (κ3) is 5.18. The Morgan fingerprint density at radius 2 is 1.90 bits per heavy atom. The summed E-state index contributed by atoms with van der Waals surface area (Å²) in [7, 11) is -3.63. The van der Waals surface area contributed by atoms with E-state index in [1.165, 1.54) is 18.9 Å². The number of hydrogen-bond donors (Lipinski definition) is 0. The zero-order valence-electron chi connectivity index (χ0n) is 22.3. The number of fused-ring (bicyclic) bond motifs is 1. The Balaban J connectivity index is 1.30. The molecular formula is C27H29F3N6O3S2. The maximum Gasteiger partial charge on any atom is 0.416 e. The molecule has 2 aromatic heterocycles. The molecule has 2 saturated heterocycles. The van der Waals surface area contributed by atoms with Crippen molar-refractivity contribution in [2.24, 2.45) is 11.0 Å². The third-order valence-corrected chi connectivity index (χ3v) is 11.0. The Morgan fingerprint density at radius 3 is 2.59 bits per heavy atom. The fourth-order valence-corrected chi connectivity index (χ4v) is 7.59. The van der Waals surface area contributed by atoms with Crippen LogP contribution < -0.4 is 4.90 Å². The lowest BCUT2D eigenvalue weighted by Crippen LogP contribution is -2.37. The molecule has 0 bridgehead atoms. The number of alkyl halides is 3. The lowest BCUT2D eigenvalue weighted by Gasteiger charge is -2.35. The van der Waals surface area contributed by atoms with Crippen LogP contribution in [-0.4, -0.2) is 79.2 Å². The molecule has 14 heteroatoms. The Bertz CT molecular complexity index is 1630. The van der Waals surface area contributed by atoms with Crippen LogP contribution >= 0.6 is 11.3 Å². The van der Waals surface area contributed by atoms with Crippen LogP contribution in [0.1, 0.15) is 49.4 Å². The fraction of sp³-hybridized carbons (Fsp3) is 0.556. The second-order valence-corrected chi connectivity index (χ2v) is 14.5. The molecule has 218 valence electrons.